The van der Waals surface area contributed by atoms with Crippen LogP contribution in [0.5, 0.6) is 11.5 Å². The van der Waals surface area contributed by atoms with Gasteiger partial charge in [0.2, 0.25) is 0 Å². The van der Waals surface area contributed by atoms with Crippen molar-refractivity contribution in [2.75, 3.05) is 0 Å². The Morgan fingerprint density at radius 1 is 0.955 bits per heavy atom. The minimum atomic E-state index is -0.530. The first-order chi connectivity index (χ1) is 10.6. The Morgan fingerprint density at radius 2 is 1.50 bits per heavy atom. The largest absolute Gasteiger partial charge is 0.427 e. The van der Waals surface area contributed by atoms with Crippen LogP contribution in [-0.4, -0.2) is 11.9 Å². The smallest absolute Gasteiger partial charge is 0.343 e. The molecule has 0 aliphatic carbocycles. The number of hydrogen-bond acceptors (Lipinski definition) is 5. The molecule has 0 N–H and O–H groups in total. The number of rotatable bonds is 4. The summed E-state index contributed by atoms with van der Waals surface area (Å²) in [7, 11) is 0. The van der Waals surface area contributed by atoms with Crippen LogP contribution in [0.15, 0.2) is 48.5 Å². The minimum Gasteiger partial charge on any atom is -0.427 e. The highest BCUT2D eigenvalue weighted by Gasteiger charge is 2.09. The Bertz CT molecular complexity index is 712. The highest BCUT2D eigenvalue weighted by atomic mass is 16.5. The molecule has 0 aromatic heterocycles. The van der Waals surface area contributed by atoms with Crippen LogP contribution in [0.3, 0.4) is 0 Å². The lowest BCUT2D eigenvalue weighted by atomic mass is 10.2. The normalized spacial score (nSPS) is 9.64. The second kappa shape index (κ2) is 7.04. The van der Waals surface area contributed by atoms with Crippen LogP contribution < -0.4 is 9.47 Å². The maximum atomic E-state index is 12.0. The second-order valence-corrected chi connectivity index (χ2v) is 4.38. The number of esters is 2. The summed E-state index contributed by atoms with van der Waals surface area (Å²) in [6.07, 6.45) is 0.280. The quantitative estimate of drug-likeness (QED) is 0.640. The van der Waals surface area contributed by atoms with E-state index in [0.717, 1.165) is 0 Å². The molecule has 2 aromatic rings. The van der Waals surface area contributed by atoms with E-state index in [1.54, 1.807) is 31.2 Å². The topological polar surface area (TPSA) is 76.4 Å². The van der Waals surface area contributed by atoms with Gasteiger partial charge in [0.25, 0.3) is 0 Å². The highest BCUT2D eigenvalue weighted by Crippen LogP contribution is 2.16. The molecular weight excluding hydrogens is 282 g/mol. The van der Waals surface area contributed by atoms with Crippen LogP contribution in [0.1, 0.15) is 29.3 Å². The lowest BCUT2D eigenvalue weighted by molar-refractivity contribution is -0.134. The molecule has 0 fully saturated rings. The average molecular weight is 295 g/mol. The van der Waals surface area contributed by atoms with Crippen LogP contribution in [0.25, 0.3) is 0 Å². The summed E-state index contributed by atoms with van der Waals surface area (Å²) in [5.41, 5.74) is 0.822. The molecule has 5 heteroatoms. The Labute approximate surface area is 127 Å². The molecule has 0 amide bonds. The van der Waals surface area contributed by atoms with Gasteiger partial charge in [0, 0.05) is 6.42 Å². The molecule has 0 atom stereocenters. The van der Waals surface area contributed by atoms with E-state index >= 15 is 0 Å². The van der Waals surface area contributed by atoms with E-state index in [0.29, 0.717) is 22.6 Å². The Hall–Kier alpha value is -3.13. The number of nitrogens with zero attached hydrogens (tertiary/aromatic N) is 1. The van der Waals surface area contributed by atoms with Gasteiger partial charge in [-0.25, -0.2) is 4.79 Å². The van der Waals surface area contributed by atoms with Gasteiger partial charge in [-0.15, -0.1) is 0 Å². The standard InChI is InChI=1S/C17H13NO4/c1-2-16(19)21-14-9-5-13(6-10-14)17(20)22-15-7-3-12(11-18)4-8-15/h3-10H,2H2,1H3. The van der Waals surface area contributed by atoms with Crippen LogP contribution in [-0.2, 0) is 4.79 Å². The molecule has 0 bridgehead atoms. The molecule has 0 unspecified atom stereocenters. The molecule has 22 heavy (non-hydrogen) atoms. The van der Waals surface area contributed by atoms with Gasteiger partial charge in [0.1, 0.15) is 11.5 Å². The summed E-state index contributed by atoms with van der Waals surface area (Å²) in [5.74, 6) is -0.141. The number of nitriles is 1. The number of carbonyl (C=O) groups excluding carboxylic acids is 2. The summed E-state index contributed by atoms with van der Waals surface area (Å²) < 4.78 is 10.2. The number of hydrogen-bond donors (Lipinski definition) is 0. The van der Waals surface area contributed by atoms with Gasteiger partial charge in [-0.2, -0.15) is 5.26 Å². The van der Waals surface area contributed by atoms with Gasteiger partial charge >= 0.3 is 11.9 Å². The van der Waals surface area contributed by atoms with Crippen molar-refractivity contribution >= 4 is 11.9 Å². The Balaban J connectivity index is 2.03. The van der Waals surface area contributed by atoms with Gasteiger partial charge in [-0.05, 0) is 48.5 Å². The van der Waals surface area contributed by atoms with Crippen LogP contribution in [0, 0.1) is 11.3 Å². The summed E-state index contributed by atoms with van der Waals surface area (Å²) >= 11 is 0. The maximum Gasteiger partial charge on any atom is 0.343 e. The molecule has 0 aliphatic rings. The van der Waals surface area contributed by atoms with Gasteiger partial charge in [0.15, 0.2) is 0 Å². The lowest BCUT2D eigenvalue weighted by Crippen LogP contribution is -2.09. The average Bonchev–Trinajstić information content (AvgIpc) is 2.56. The number of carbonyl (C=O) groups is 2. The van der Waals surface area contributed by atoms with Crippen molar-refractivity contribution in [2.45, 2.75) is 13.3 Å². The summed E-state index contributed by atoms with van der Waals surface area (Å²) in [5, 5.41) is 8.70. The van der Waals surface area contributed by atoms with Gasteiger partial charge < -0.3 is 9.47 Å². The van der Waals surface area contributed by atoms with Crippen molar-refractivity contribution in [1.29, 1.82) is 5.26 Å². The van der Waals surface area contributed by atoms with Gasteiger partial charge in [0.05, 0.1) is 17.2 Å². The van der Waals surface area contributed by atoms with E-state index in [1.807, 2.05) is 6.07 Å². The van der Waals surface area contributed by atoms with Crippen molar-refractivity contribution in [1.82, 2.24) is 0 Å². The third-order valence-corrected chi connectivity index (χ3v) is 2.80. The van der Waals surface area contributed by atoms with Crippen LogP contribution >= 0.6 is 0 Å². The molecular formula is C17H13NO4. The first-order valence-electron chi connectivity index (χ1n) is 6.65. The van der Waals surface area contributed by atoms with E-state index in [9.17, 15) is 9.59 Å². The second-order valence-electron chi connectivity index (χ2n) is 4.38. The maximum absolute atomic E-state index is 12.0. The predicted octanol–water partition coefficient (Wildman–Crippen LogP) is 3.09. The first kappa shape index (κ1) is 15.3. The van der Waals surface area contributed by atoms with E-state index in [-0.39, 0.29) is 12.4 Å². The van der Waals surface area contributed by atoms with Crippen molar-refractivity contribution in [3.8, 4) is 17.6 Å². The molecule has 2 rings (SSSR count). The molecule has 0 radical (unpaired) electrons. The number of ether oxygens (including phenoxy) is 2. The van der Waals surface area contributed by atoms with E-state index < -0.39 is 5.97 Å². The zero-order valence-electron chi connectivity index (χ0n) is 11.9. The molecule has 0 saturated carbocycles. The lowest BCUT2D eigenvalue weighted by Gasteiger charge is -2.06. The van der Waals surface area contributed by atoms with Gasteiger partial charge in [-0.1, -0.05) is 6.92 Å². The molecule has 5 nitrogen and oxygen atoms in total. The molecule has 0 spiro atoms. The zero-order chi connectivity index (χ0) is 15.9. The first-order valence-corrected chi connectivity index (χ1v) is 6.65. The fourth-order valence-corrected chi connectivity index (χ4v) is 1.63. The van der Waals surface area contributed by atoms with E-state index in [4.69, 9.17) is 14.7 Å². The van der Waals surface area contributed by atoms with Crippen molar-refractivity contribution in [3.05, 3.63) is 59.7 Å². The fraction of sp³-hybridized carbons (Fsp3) is 0.118. The van der Waals surface area contributed by atoms with Crippen LogP contribution in [0.2, 0.25) is 0 Å². The summed E-state index contributed by atoms with van der Waals surface area (Å²) in [4.78, 5) is 23.1. The van der Waals surface area contributed by atoms with Crippen molar-refractivity contribution in [2.24, 2.45) is 0 Å². The van der Waals surface area contributed by atoms with Gasteiger partial charge in [-0.3, -0.25) is 4.79 Å². The third kappa shape index (κ3) is 3.93. The SMILES string of the molecule is CCC(=O)Oc1ccc(C(=O)Oc2ccc(C#N)cc2)cc1. The zero-order valence-corrected chi connectivity index (χ0v) is 11.9. The van der Waals surface area contributed by atoms with E-state index in [2.05, 4.69) is 0 Å². The molecule has 110 valence electrons. The van der Waals surface area contributed by atoms with E-state index in [1.165, 1.54) is 24.3 Å². The minimum absolute atomic E-state index is 0.280. The number of benzene rings is 2. The third-order valence-electron chi connectivity index (χ3n) is 2.80. The Morgan fingerprint density at radius 3 is 2.05 bits per heavy atom. The highest BCUT2D eigenvalue weighted by molar-refractivity contribution is 5.91. The van der Waals surface area contributed by atoms with Crippen LogP contribution in [0.4, 0.5) is 0 Å². The van der Waals surface area contributed by atoms with Crippen molar-refractivity contribution in [3.63, 3.8) is 0 Å². The monoisotopic (exact) mass is 295 g/mol. The molecule has 0 aliphatic heterocycles. The summed E-state index contributed by atoms with van der Waals surface area (Å²) in [6.45, 7) is 1.70. The molecule has 2 aromatic carbocycles. The molecule has 0 heterocycles. The Kier molecular flexibility index (Phi) is 4.89. The molecule has 0 saturated heterocycles. The fourth-order valence-electron chi connectivity index (χ4n) is 1.63. The van der Waals surface area contributed by atoms with Crippen molar-refractivity contribution < 1.29 is 19.1 Å². The predicted molar refractivity (Wildman–Crippen MR) is 78.5 cm³/mol. The summed E-state index contributed by atoms with van der Waals surface area (Å²) in [6, 6.07) is 14.3.